The highest BCUT2D eigenvalue weighted by molar-refractivity contribution is 9.10. The second-order valence-electron chi connectivity index (χ2n) is 3.08. The van der Waals surface area contributed by atoms with Crippen LogP contribution in [-0.2, 0) is 4.74 Å². The lowest BCUT2D eigenvalue weighted by Crippen LogP contribution is -2.15. The molecule has 70 valence electrons. The number of alkyl halides is 1. The Balaban J connectivity index is 4.95. The van der Waals surface area contributed by atoms with Crippen LogP contribution in [0.4, 0.5) is 0 Å². The molecule has 0 heterocycles. The van der Waals surface area contributed by atoms with E-state index in [1.54, 1.807) is 13.2 Å². The zero-order valence-electron chi connectivity index (χ0n) is 8.28. The van der Waals surface area contributed by atoms with E-state index in [2.05, 4.69) is 43.3 Å². The van der Waals surface area contributed by atoms with Gasteiger partial charge in [0.1, 0.15) is 5.76 Å². The Morgan fingerprint density at radius 2 is 2.08 bits per heavy atom. The molecule has 0 unspecified atom stereocenters. The Bertz CT molecular complexity index is 187. The lowest BCUT2D eigenvalue weighted by atomic mass is 9.99. The second-order valence-corrected chi connectivity index (χ2v) is 5.06. The van der Waals surface area contributed by atoms with E-state index < -0.39 is 0 Å². The SMILES string of the molecule is C=CC(OC)=C(CC)C(C)(C)Br. The fourth-order valence-electron chi connectivity index (χ4n) is 1.22. The van der Waals surface area contributed by atoms with Crippen LogP contribution in [0, 0.1) is 0 Å². The number of allylic oxidation sites excluding steroid dienone is 2. The minimum absolute atomic E-state index is 0.0126. The molecule has 0 aliphatic rings. The zero-order valence-corrected chi connectivity index (χ0v) is 9.86. The van der Waals surface area contributed by atoms with Crippen molar-refractivity contribution in [1.82, 2.24) is 0 Å². The van der Waals surface area contributed by atoms with E-state index in [0.29, 0.717) is 0 Å². The molecular formula is C10H17BrO. The predicted octanol–water partition coefficient (Wildman–Crippen LogP) is 3.66. The molecule has 0 spiro atoms. The molecule has 0 rings (SSSR count). The van der Waals surface area contributed by atoms with Crippen molar-refractivity contribution < 1.29 is 4.74 Å². The number of rotatable bonds is 4. The molecule has 0 aromatic heterocycles. The molecule has 0 saturated carbocycles. The minimum atomic E-state index is -0.0126. The topological polar surface area (TPSA) is 9.23 Å². The summed E-state index contributed by atoms with van der Waals surface area (Å²) >= 11 is 3.60. The zero-order chi connectivity index (χ0) is 9.78. The average molecular weight is 233 g/mol. The summed E-state index contributed by atoms with van der Waals surface area (Å²) in [4.78, 5) is 0. The van der Waals surface area contributed by atoms with Crippen LogP contribution in [0.5, 0.6) is 0 Å². The molecule has 1 nitrogen and oxygen atoms in total. The van der Waals surface area contributed by atoms with Gasteiger partial charge in [-0.25, -0.2) is 0 Å². The average Bonchev–Trinajstić information content (AvgIpc) is 1.97. The fraction of sp³-hybridized carbons (Fsp3) is 0.600. The van der Waals surface area contributed by atoms with Gasteiger partial charge >= 0.3 is 0 Å². The first-order valence-corrected chi connectivity index (χ1v) is 4.85. The summed E-state index contributed by atoms with van der Waals surface area (Å²) in [7, 11) is 1.67. The van der Waals surface area contributed by atoms with Crippen molar-refractivity contribution in [2.45, 2.75) is 31.5 Å². The molecule has 0 fully saturated rings. The van der Waals surface area contributed by atoms with E-state index in [4.69, 9.17) is 4.74 Å². The smallest absolute Gasteiger partial charge is 0.118 e. The predicted molar refractivity (Wildman–Crippen MR) is 57.5 cm³/mol. The van der Waals surface area contributed by atoms with Crippen LogP contribution in [0.25, 0.3) is 0 Å². The third-order valence-corrected chi connectivity index (χ3v) is 2.25. The van der Waals surface area contributed by atoms with Gasteiger partial charge in [0.2, 0.25) is 0 Å². The van der Waals surface area contributed by atoms with E-state index in [1.165, 1.54) is 5.57 Å². The Kier molecular flexibility index (Phi) is 4.61. The molecule has 0 radical (unpaired) electrons. The Labute approximate surface area is 83.6 Å². The van der Waals surface area contributed by atoms with E-state index >= 15 is 0 Å². The number of halogens is 1. The molecule has 0 aromatic carbocycles. The maximum atomic E-state index is 5.21. The monoisotopic (exact) mass is 232 g/mol. The number of methoxy groups -OCH3 is 1. The Morgan fingerprint density at radius 3 is 2.17 bits per heavy atom. The van der Waals surface area contributed by atoms with Gasteiger partial charge in [-0.2, -0.15) is 0 Å². The minimum Gasteiger partial charge on any atom is -0.497 e. The lowest BCUT2D eigenvalue weighted by molar-refractivity contribution is 0.298. The summed E-state index contributed by atoms with van der Waals surface area (Å²) < 4.78 is 5.20. The van der Waals surface area contributed by atoms with Crippen molar-refractivity contribution in [3.63, 3.8) is 0 Å². The summed E-state index contributed by atoms with van der Waals surface area (Å²) in [6.07, 6.45) is 2.72. The number of hydrogen-bond acceptors (Lipinski definition) is 1. The van der Waals surface area contributed by atoms with E-state index in [0.717, 1.165) is 12.2 Å². The molecule has 0 atom stereocenters. The number of hydrogen-bond donors (Lipinski definition) is 0. The molecule has 2 heteroatoms. The van der Waals surface area contributed by atoms with Crippen molar-refractivity contribution in [1.29, 1.82) is 0 Å². The highest BCUT2D eigenvalue weighted by Crippen LogP contribution is 2.31. The third kappa shape index (κ3) is 3.02. The van der Waals surface area contributed by atoms with E-state index in [9.17, 15) is 0 Å². The molecule has 0 N–H and O–H groups in total. The molecule has 0 aromatic rings. The Hall–Kier alpha value is -0.240. The van der Waals surface area contributed by atoms with Crippen LogP contribution in [0.15, 0.2) is 24.0 Å². The van der Waals surface area contributed by atoms with Gasteiger partial charge in [-0.3, -0.25) is 0 Å². The molecular weight excluding hydrogens is 216 g/mol. The molecule has 0 saturated heterocycles. The van der Waals surface area contributed by atoms with Crippen molar-refractivity contribution >= 4 is 15.9 Å². The summed E-state index contributed by atoms with van der Waals surface area (Å²) in [5, 5.41) is 0. The first-order valence-electron chi connectivity index (χ1n) is 4.06. The second kappa shape index (κ2) is 4.70. The van der Waals surface area contributed by atoms with Gasteiger partial charge in [-0.15, -0.1) is 0 Å². The van der Waals surface area contributed by atoms with E-state index in [1.807, 2.05) is 0 Å². The van der Waals surface area contributed by atoms with Gasteiger partial charge in [0.05, 0.1) is 7.11 Å². The van der Waals surface area contributed by atoms with Crippen LogP contribution >= 0.6 is 15.9 Å². The highest BCUT2D eigenvalue weighted by atomic mass is 79.9. The summed E-state index contributed by atoms with van der Waals surface area (Å²) in [6.45, 7) is 10.0. The van der Waals surface area contributed by atoms with Crippen molar-refractivity contribution in [2.75, 3.05) is 7.11 Å². The summed E-state index contributed by atoms with van der Waals surface area (Å²) in [5.41, 5.74) is 1.24. The Morgan fingerprint density at radius 1 is 1.58 bits per heavy atom. The molecule has 0 amide bonds. The van der Waals surface area contributed by atoms with Gasteiger partial charge in [0.15, 0.2) is 0 Å². The molecule has 0 aliphatic heterocycles. The fourth-order valence-corrected chi connectivity index (χ4v) is 1.69. The van der Waals surface area contributed by atoms with Gasteiger partial charge in [-0.05, 0) is 31.9 Å². The number of ether oxygens (including phenoxy) is 1. The first kappa shape index (κ1) is 11.8. The van der Waals surface area contributed by atoms with Gasteiger partial charge < -0.3 is 4.74 Å². The highest BCUT2D eigenvalue weighted by Gasteiger charge is 2.20. The molecule has 0 aliphatic carbocycles. The van der Waals surface area contributed by atoms with Gasteiger partial charge in [-0.1, -0.05) is 29.4 Å². The largest absolute Gasteiger partial charge is 0.497 e. The van der Waals surface area contributed by atoms with Crippen molar-refractivity contribution in [2.24, 2.45) is 0 Å². The maximum absolute atomic E-state index is 5.21. The quantitative estimate of drug-likeness (QED) is 0.409. The van der Waals surface area contributed by atoms with Crippen molar-refractivity contribution in [3.05, 3.63) is 24.0 Å². The third-order valence-electron chi connectivity index (χ3n) is 1.77. The van der Waals surface area contributed by atoms with Crippen LogP contribution in [0.1, 0.15) is 27.2 Å². The normalized spacial score (nSPS) is 13.8. The van der Waals surface area contributed by atoms with E-state index in [-0.39, 0.29) is 4.32 Å². The lowest BCUT2D eigenvalue weighted by Gasteiger charge is -2.22. The van der Waals surface area contributed by atoms with Gasteiger partial charge in [0, 0.05) is 4.32 Å². The molecule has 0 bridgehead atoms. The van der Waals surface area contributed by atoms with Crippen LogP contribution in [0.2, 0.25) is 0 Å². The van der Waals surface area contributed by atoms with Crippen LogP contribution in [0.3, 0.4) is 0 Å². The standard InChI is InChI=1S/C10H17BrO/c1-6-8(10(3,4)11)9(7-2)12-5/h7H,2,6H2,1,3-5H3. The van der Waals surface area contributed by atoms with Crippen molar-refractivity contribution in [3.8, 4) is 0 Å². The summed E-state index contributed by atoms with van der Waals surface area (Å²) in [6, 6.07) is 0. The summed E-state index contributed by atoms with van der Waals surface area (Å²) in [5.74, 6) is 0.874. The molecule has 12 heavy (non-hydrogen) atoms. The van der Waals surface area contributed by atoms with Crippen LogP contribution < -0.4 is 0 Å². The first-order chi connectivity index (χ1) is 5.47. The maximum Gasteiger partial charge on any atom is 0.118 e. The van der Waals surface area contributed by atoms with Crippen LogP contribution in [-0.4, -0.2) is 11.4 Å². The van der Waals surface area contributed by atoms with Gasteiger partial charge in [0.25, 0.3) is 0 Å².